The van der Waals surface area contributed by atoms with Gasteiger partial charge in [-0.3, -0.25) is 9.36 Å². The van der Waals surface area contributed by atoms with Crippen molar-refractivity contribution in [2.75, 3.05) is 26.2 Å². The number of nitrogens with zero attached hydrogens (tertiary/aromatic N) is 5. The maximum absolute atomic E-state index is 12.5. The van der Waals surface area contributed by atoms with E-state index in [-0.39, 0.29) is 5.91 Å². The van der Waals surface area contributed by atoms with Crippen molar-refractivity contribution in [3.05, 3.63) is 72.4 Å². The Bertz CT molecular complexity index is 896. The van der Waals surface area contributed by atoms with Crippen molar-refractivity contribution >= 4 is 5.91 Å². The third kappa shape index (κ3) is 4.43. The molecule has 3 aromatic rings. The molecule has 1 atom stereocenters. The summed E-state index contributed by atoms with van der Waals surface area (Å²) in [7, 11) is 0. The molecule has 1 aliphatic heterocycles. The highest BCUT2D eigenvalue weighted by atomic mass is 16.1. The third-order valence-electron chi connectivity index (χ3n) is 5.14. The summed E-state index contributed by atoms with van der Waals surface area (Å²) < 4.78 is 1.67. The molecule has 0 spiro atoms. The van der Waals surface area contributed by atoms with Crippen molar-refractivity contribution in [1.29, 1.82) is 0 Å². The van der Waals surface area contributed by atoms with Gasteiger partial charge >= 0.3 is 0 Å². The number of aromatic nitrogens is 4. The fourth-order valence-electron chi connectivity index (χ4n) is 3.69. The lowest BCUT2D eigenvalue weighted by Crippen LogP contribution is -2.40. The van der Waals surface area contributed by atoms with Crippen LogP contribution in [-0.2, 0) is 0 Å². The second-order valence-electron chi connectivity index (χ2n) is 7.06. The van der Waals surface area contributed by atoms with Gasteiger partial charge in [0.25, 0.3) is 5.91 Å². The minimum atomic E-state index is -0.161. The van der Waals surface area contributed by atoms with Crippen LogP contribution in [0.5, 0.6) is 0 Å². The molecule has 1 saturated heterocycles. The van der Waals surface area contributed by atoms with Crippen LogP contribution in [0.1, 0.15) is 34.8 Å². The van der Waals surface area contributed by atoms with Crippen molar-refractivity contribution in [3.8, 4) is 5.82 Å². The van der Waals surface area contributed by atoms with Crippen LogP contribution >= 0.6 is 0 Å². The molecule has 1 amide bonds. The van der Waals surface area contributed by atoms with Crippen molar-refractivity contribution in [3.63, 3.8) is 0 Å². The van der Waals surface area contributed by atoms with E-state index >= 15 is 0 Å². The Kier molecular flexibility index (Phi) is 5.72. The van der Waals surface area contributed by atoms with Gasteiger partial charge in [0.15, 0.2) is 0 Å². The zero-order chi connectivity index (χ0) is 19.2. The van der Waals surface area contributed by atoms with Gasteiger partial charge in [-0.1, -0.05) is 36.4 Å². The summed E-state index contributed by atoms with van der Waals surface area (Å²) in [4.78, 5) is 19.3. The molecule has 0 radical (unpaired) electrons. The summed E-state index contributed by atoms with van der Waals surface area (Å²) in [5.74, 6) is 1.04. The van der Waals surface area contributed by atoms with Crippen LogP contribution in [0.2, 0.25) is 0 Å². The second-order valence-corrected chi connectivity index (χ2v) is 7.06. The monoisotopic (exact) mass is 376 g/mol. The van der Waals surface area contributed by atoms with E-state index in [2.05, 4.69) is 55.7 Å². The molecule has 1 aromatic carbocycles. The number of carbonyl (C=O) groups is 1. The number of rotatable bonds is 6. The molecule has 28 heavy (non-hydrogen) atoms. The SMILES string of the molecule is O=C(NCCN1CCC[C@@H](c2ccccc2)C1)c1cccc(-n2cnnc2)n1. The van der Waals surface area contributed by atoms with Crippen molar-refractivity contribution in [2.45, 2.75) is 18.8 Å². The van der Waals surface area contributed by atoms with E-state index in [0.717, 1.165) is 19.6 Å². The Morgan fingerprint density at radius 1 is 1.07 bits per heavy atom. The van der Waals surface area contributed by atoms with Crippen molar-refractivity contribution in [1.82, 2.24) is 30.0 Å². The summed E-state index contributed by atoms with van der Waals surface area (Å²) >= 11 is 0. The Morgan fingerprint density at radius 2 is 1.89 bits per heavy atom. The zero-order valence-corrected chi connectivity index (χ0v) is 15.7. The number of nitrogens with one attached hydrogen (secondary N) is 1. The number of pyridine rings is 1. The fourth-order valence-corrected chi connectivity index (χ4v) is 3.69. The second kappa shape index (κ2) is 8.75. The van der Waals surface area contributed by atoms with Crippen LogP contribution in [0.15, 0.2) is 61.2 Å². The van der Waals surface area contributed by atoms with E-state index in [4.69, 9.17) is 0 Å². The van der Waals surface area contributed by atoms with Crippen molar-refractivity contribution in [2.24, 2.45) is 0 Å². The van der Waals surface area contributed by atoms with E-state index in [1.165, 1.54) is 18.4 Å². The highest BCUT2D eigenvalue weighted by molar-refractivity contribution is 5.92. The average Bonchev–Trinajstić information content (AvgIpc) is 3.30. The summed E-state index contributed by atoms with van der Waals surface area (Å²) in [6, 6.07) is 16.0. The lowest BCUT2D eigenvalue weighted by Gasteiger charge is -2.33. The molecule has 1 fully saturated rings. The first-order valence-corrected chi connectivity index (χ1v) is 9.67. The van der Waals surface area contributed by atoms with Crippen LogP contribution in [0.4, 0.5) is 0 Å². The number of amides is 1. The molecule has 7 heteroatoms. The number of likely N-dealkylation sites (tertiary alicyclic amines) is 1. The molecule has 0 aliphatic carbocycles. The van der Waals surface area contributed by atoms with Gasteiger partial charge in [-0.25, -0.2) is 4.98 Å². The first-order valence-electron chi connectivity index (χ1n) is 9.67. The molecule has 0 bridgehead atoms. The van der Waals surface area contributed by atoms with E-state index in [1.54, 1.807) is 23.3 Å². The number of piperidine rings is 1. The lowest BCUT2D eigenvalue weighted by atomic mass is 9.91. The van der Waals surface area contributed by atoms with Crippen LogP contribution in [-0.4, -0.2) is 56.7 Å². The van der Waals surface area contributed by atoms with Crippen LogP contribution in [0.25, 0.3) is 5.82 Å². The molecule has 3 heterocycles. The molecular formula is C21H24N6O. The van der Waals surface area contributed by atoms with E-state index in [1.807, 2.05) is 12.1 Å². The van der Waals surface area contributed by atoms with Gasteiger partial charge in [0.1, 0.15) is 24.2 Å². The molecule has 7 nitrogen and oxygen atoms in total. The normalized spacial score (nSPS) is 17.4. The third-order valence-corrected chi connectivity index (χ3v) is 5.14. The van der Waals surface area contributed by atoms with Gasteiger partial charge in [0, 0.05) is 19.6 Å². The smallest absolute Gasteiger partial charge is 0.270 e. The lowest BCUT2D eigenvalue weighted by molar-refractivity contribution is 0.0940. The molecule has 0 unspecified atom stereocenters. The van der Waals surface area contributed by atoms with Crippen molar-refractivity contribution < 1.29 is 4.79 Å². The summed E-state index contributed by atoms with van der Waals surface area (Å²) in [5.41, 5.74) is 1.80. The quantitative estimate of drug-likeness (QED) is 0.714. The number of hydrogen-bond acceptors (Lipinski definition) is 5. The summed E-state index contributed by atoms with van der Waals surface area (Å²) in [5, 5.41) is 10.5. The largest absolute Gasteiger partial charge is 0.349 e. The molecule has 1 aliphatic rings. The number of hydrogen-bond donors (Lipinski definition) is 1. The van der Waals surface area contributed by atoms with Crippen LogP contribution < -0.4 is 5.32 Å². The highest BCUT2D eigenvalue weighted by Gasteiger charge is 2.21. The van der Waals surface area contributed by atoms with Gasteiger partial charge < -0.3 is 10.2 Å². The van der Waals surface area contributed by atoms with E-state index < -0.39 is 0 Å². The maximum atomic E-state index is 12.5. The highest BCUT2D eigenvalue weighted by Crippen LogP contribution is 2.26. The molecular weight excluding hydrogens is 352 g/mol. The van der Waals surface area contributed by atoms with Crippen LogP contribution in [0.3, 0.4) is 0 Å². The van der Waals surface area contributed by atoms with E-state index in [0.29, 0.717) is 24.0 Å². The molecule has 2 aromatic heterocycles. The summed E-state index contributed by atoms with van der Waals surface area (Å²) in [6.45, 7) is 3.58. The topological polar surface area (TPSA) is 75.9 Å². The predicted molar refractivity (Wildman–Crippen MR) is 106 cm³/mol. The molecule has 144 valence electrons. The number of carbonyl (C=O) groups excluding carboxylic acids is 1. The number of benzene rings is 1. The first kappa shape index (κ1) is 18.3. The zero-order valence-electron chi connectivity index (χ0n) is 15.7. The van der Waals surface area contributed by atoms with Gasteiger partial charge in [0.05, 0.1) is 0 Å². The van der Waals surface area contributed by atoms with Gasteiger partial charge in [-0.2, -0.15) is 0 Å². The Morgan fingerprint density at radius 3 is 2.71 bits per heavy atom. The predicted octanol–water partition coefficient (Wildman–Crippen LogP) is 2.27. The van der Waals surface area contributed by atoms with Crippen LogP contribution in [0, 0.1) is 0 Å². The molecule has 4 rings (SSSR count). The fraction of sp³-hybridized carbons (Fsp3) is 0.333. The van der Waals surface area contributed by atoms with Gasteiger partial charge in [0.2, 0.25) is 0 Å². The Labute approximate surface area is 164 Å². The standard InChI is InChI=1S/C21H24N6O/c28-21(19-9-4-10-20(25-19)27-15-23-24-16-27)22-11-13-26-12-5-8-18(14-26)17-6-2-1-3-7-17/h1-4,6-7,9-10,15-16,18H,5,8,11-14H2,(H,22,28)/t18-/m1/s1. The minimum Gasteiger partial charge on any atom is -0.349 e. The summed E-state index contributed by atoms with van der Waals surface area (Å²) in [6.07, 6.45) is 5.54. The minimum absolute atomic E-state index is 0.161. The molecule has 1 N–H and O–H groups in total. The van der Waals surface area contributed by atoms with Gasteiger partial charge in [-0.15, -0.1) is 10.2 Å². The molecule has 0 saturated carbocycles. The Balaban J connectivity index is 1.29. The van der Waals surface area contributed by atoms with Gasteiger partial charge in [-0.05, 0) is 43.0 Å². The van der Waals surface area contributed by atoms with E-state index in [9.17, 15) is 4.79 Å². The average molecular weight is 376 g/mol. The Hall–Kier alpha value is -3.06. The first-order chi connectivity index (χ1) is 13.8. The maximum Gasteiger partial charge on any atom is 0.270 e.